The number of anilines is 6. The largest absolute Gasteiger partial charge is 0.454 e. The minimum absolute atomic E-state index is 0.471. The van der Waals surface area contributed by atoms with Crippen LogP contribution >= 0.6 is 0 Å². The zero-order valence-electron chi connectivity index (χ0n) is 69.9. The monoisotopic (exact) mass is 1630 g/mol. The third-order valence-electron chi connectivity index (χ3n) is 28.6. The van der Waals surface area contributed by atoms with Gasteiger partial charge in [-0.25, -0.2) is 0 Å². The first-order valence-electron chi connectivity index (χ1n) is 44.5. The first-order chi connectivity index (χ1) is 63.6. The summed E-state index contributed by atoms with van der Waals surface area (Å²) in [7, 11) is 0. The van der Waals surface area contributed by atoms with E-state index in [2.05, 4.69) is 495 Å². The molecule has 20 aromatic carbocycles. The van der Waals surface area contributed by atoms with Crippen LogP contribution in [-0.2, 0) is 21.7 Å². The Kier molecular flexibility index (Phi) is 16.3. The van der Waals surface area contributed by atoms with E-state index in [0.717, 1.165) is 78.0 Å². The van der Waals surface area contributed by atoms with E-state index >= 15 is 0 Å². The fraction of sp³-hybridized carbons (Fsp3) is 0.0323. The van der Waals surface area contributed by atoms with E-state index in [9.17, 15) is 0 Å². The van der Waals surface area contributed by atoms with Crippen LogP contribution < -0.4 is 9.80 Å². The van der Waals surface area contributed by atoms with E-state index in [1.54, 1.807) is 0 Å². The van der Waals surface area contributed by atoms with E-state index in [4.69, 9.17) is 8.83 Å². The summed E-state index contributed by atoms with van der Waals surface area (Å²) in [5.41, 5.74) is 40.3. The van der Waals surface area contributed by atoms with Gasteiger partial charge in [0, 0.05) is 44.0 Å². The Morgan fingerprint density at radius 1 is 0.156 bits per heavy atom. The second-order valence-corrected chi connectivity index (χ2v) is 34.4. The SMILES string of the molecule is c1ccc(N(c2cccc3c2-c2ccccc2C3(c2ccccc2)c2ccccc2)c2ccc(C3(c4ccccc4)c4ccccc4-c4ccccc43)c3c2oc2ccccc23)cc1.c1ccc(N(c2cccc3c2-c2ccccc2C32c3ccccc3-c3ccccc32)c2ccc(C3(c4ccccc4)c4ccccc4-c4ccccc43)c3c2oc2ccccc23)cc1. The van der Waals surface area contributed by atoms with Gasteiger partial charge in [-0.1, -0.05) is 425 Å². The molecule has 27 rings (SSSR count). The van der Waals surface area contributed by atoms with Crippen molar-refractivity contribution in [3.05, 3.63) is 574 Å². The first kappa shape index (κ1) is 73.2. The molecular formula is C124H80N2O2. The Morgan fingerprint density at radius 2 is 0.398 bits per heavy atom. The molecule has 0 fully saturated rings. The van der Waals surface area contributed by atoms with Gasteiger partial charge in [0.1, 0.15) is 11.2 Å². The van der Waals surface area contributed by atoms with E-state index in [0.29, 0.717) is 0 Å². The number of para-hydroxylation sites is 4. The van der Waals surface area contributed by atoms with Crippen LogP contribution in [0.3, 0.4) is 0 Å². The number of benzene rings is 20. The lowest BCUT2D eigenvalue weighted by Gasteiger charge is -2.35. The average molecular weight is 1630 g/mol. The lowest BCUT2D eigenvalue weighted by atomic mass is 9.66. The lowest BCUT2D eigenvalue weighted by Crippen LogP contribution is -2.29. The molecule has 0 saturated carbocycles. The quantitative estimate of drug-likeness (QED) is 0.122. The maximum absolute atomic E-state index is 7.30. The highest BCUT2D eigenvalue weighted by atomic mass is 16.3. The number of furan rings is 2. The number of hydrogen-bond acceptors (Lipinski definition) is 4. The summed E-state index contributed by atoms with van der Waals surface area (Å²) >= 11 is 0. The van der Waals surface area contributed by atoms with Crippen molar-refractivity contribution in [1.82, 2.24) is 0 Å². The van der Waals surface area contributed by atoms with Crippen molar-refractivity contribution >= 4 is 78.0 Å². The van der Waals surface area contributed by atoms with Crippen LogP contribution in [0.2, 0.25) is 0 Å². The van der Waals surface area contributed by atoms with Gasteiger partial charge in [-0.15, -0.1) is 0 Å². The second-order valence-electron chi connectivity index (χ2n) is 34.4. The number of hydrogen-bond donors (Lipinski definition) is 0. The molecule has 5 aliphatic carbocycles. The van der Waals surface area contributed by atoms with Crippen LogP contribution in [0.5, 0.6) is 0 Å². The van der Waals surface area contributed by atoms with Crippen molar-refractivity contribution in [2.24, 2.45) is 0 Å². The molecule has 0 unspecified atom stereocenters. The smallest absolute Gasteiger partial charge is 0.159 e. The molecule has 0 bridgehead atoms. The van der Waals surface area contributed by atoms with E-state index < -0.39 is 21.7 Å². The minimum Gasteiger partial charge on any atom is -0.454 e. The minimum atomic E-state index is -0.618. The Balaban J connectivity index is 0.000000135. The van der Waals surface area contributed by atoms with Gasteiger partial charge in [0.05, 0.1) is 44.4 Å². The molecule has 2 aromatic heterocycles. The highest BCUT2D eigenvalue weighted by Gasteiger charge is 2.55. The summed E-state index contributed by atoms with van der Waals surface area (Å²) in [6.07, 6.45) is 0. The third kappa shape index (κ3) is 10.00. The van der Waals surface area contributed by atoms with E-state index in [-0.39, 0.29) is 0 Å². The lowest BCUT2D eigenvalue weighted by molar-refractivity contribution is 0.667. The molecule has 0 N–H and O–H groups in total. The van der Waals surface area contributed by atoms with E-state index in [1.165, 1.54) is 145 Å². The van der Waals surface area contributed by atoms with Crippen molar-refractivity contribution in [3.63, 3.8) is 0 Å². The fourth-order valence-electron chi connectivity index (χ4n) is 23.9. The van der Waals surface area contributed by atoms with Crippen molar-refractivity contribution in [2.75, 3.05) is 9.80 Å². The second kappa shape index (κ2) is 28.6. The highest BCUT2D eigenvalue weighted by molar-refractivity contribution is 6.17. The van der Waals surface area contributed by atoms with Crippen molar-refractivity contribution in [3.8, 4) is 55.6 Å². The molecule has 0 saturated heterocycles. The van der Waals surface area contributed by atoms with Crippen molar-refractivity contribution in [2.45, 2.75) is 21.7 Å². The van der Waals surface area contributed by atoms with E-state index in [1.807, 2.05) is 0 Å². The Morgan fingerprint density at radius 3 is 0.734 bits per heavy atom. The zero-order valence-corrected chi connectivity index (χ0v) is 69.9. The topological polar surface area (TPSA) is 32.8 Å². The molecule has 4 heteroatoms. The van der Waals surface area contributed by atoms with Gasteiger partial charge in [0.25, 0.3) is 0 Å². The molecule has 5 aliphatic rings. The summed E-state index contributed by atoms with van der Waals surface area (Å²) in [6.45, 7) is 0. The van der Waals surface area contributed by atoms with Crippen molar-refractivity contribution < 1.29 is 8.83 Å². The molecule has 0 aliphatic heterocycles. The molecule has 1 spiro atoms. The molecule has 22 aromatic rings. The van der Waals surface area contributed by atoms with Crippen LogP contribution in [0.4, 0.5) is 34.1 Å². The summed E-state index contributed by atoms with van der Waals surface area (Å²) in [4.78, 5) is 4.91. The Bertz CT molecular complexity index is 7640. The zero-order chi connectivity index (χ0) is 84.2. The highest BCUT2D eigenvalue weighted by Crippen LogP contribution is 2.68. The van der Waals surface area contributed by atoms with Crippen molar-refractivity contribution in [1.29, 1.82) is 0 Å². The summed E-state index contributed by atoms with van der Waals surface area (Å²) in [5.74, 6) is 0. The maximum Gasteiger partial charge on any atom is 0.159 e. The third-order valence-corrected chi connectivity index (χ3v) is 28.6. The van der Waals surface area contributed by atoms with Gasteiger partial charge in [-0.3, -0.25) is 0 Å². The molecule has 4 nitrogen and oxygen atoms in total. The van der Waals surface area contributed by atoms with Gasteiger partial charge < -0.3 is 18.6 Å². The summed E-state index contributed by atoms with van der Waals surface area (Å²) < 4.78 is 14.6. The number of rotatable bonds is 12. The molecule has 598 valence electrons. The van der Waals surface area contributed by atoms with Gasteiger partial charge in [0.2, 0.25) is 0 Å². The van der Waals surface area contributed by atoms with Gasteiger partial charge in [-0.05, 0) is 194 Å². The first-order valence-corrected chi connectivity index (χ1v) is 44.5. The maximum atomic E-state index is 7.30. The Labute approximate surface area is 743 Å². The molecule has 0 atom stereocenters. The molecule has 0 amide bonds. The molecule has 2 heterocycles. The summed E-state index contributed by atoms with van der Waals surface area (Å²) in [5, 5.41) is 4.42. The van der Waals surface area contributed by atoms with Gasteiger partial charge in [0.15, 0.2) is 11.2 Å². The molecular weight excluding hydrogens is 1550 g/mol. The predicted octanol–water partition coefficient (Wildman–Crippen LogP) is 31.5. The standard InChI is InChI=1S/C62H39NO.C62H41NO/c1-3-20-40(21-4-1)61(48-30-13-7-24-42(48)43-25-8-14-31-49(43)61)54-38-39-56(60-59(54)47-29-12-18-37-57(47)64-60)63(41-22-5-2-6-23-41)55-36-19-35-53-58(55)46-28-11-17-34-52(46)62(53)50-32-15-9-26-44(50)45-27-10-16-33-51(45)62;1-5-22-42(23-6-1)61(43-24-7-2-8-25-43)52-36-19-15-32-48(52)58-53(61)37-21-38-55(58)63(45-28-11-4-12-29-45)56-41-40-54(59-49-33-16-20-39-57(49)64-60(56)59)62(44-26-9-3-10-27-44)50-34-17-13-30-46(50)47-31-14-18-35-51(47)62/h1-39H;1-41H. The van der Waals surface area contributed by atoms with Crippen LogP contribution in [-0.4, -0.2) is 0 Å². The van der Waals surface area contributed by atoms with Gasteiger partial charge >= 0.3 is 0 Å². The number of nitrogens with zero attached hydrogens (tertiary/aromatic N) is 2. The van der Waals surface area contributed by atoms with Crippen LogP contribution in [0.15, 0.2) is 494 Å². The predicted molar refractivity (Wildman–Crippen MR) is 525 cm³/mol. The normalized spacial score (nSPS) is 14.0. The Hall–Kier alpha value is -16.4. The van der Waals surface area contributed by atoms with Gasteiger partial charge in [-0.2, -0.15) is 0 Å². The molecule has 128 heavy (non-hydrogen) atoms. The fourth-order valence-corrected chi connectivity index (χ4v) is 23.9. The van der Waals surface area contributed by atoms with Crippen LogP contribution in [0, 0.1) is 0 Å². The average Bonchev–Trinajstić information content (AvgIpc) is 1.48. The summed E-state index contributed by atoms with van der Waals surface area (Å²) in [6, 6.07) is 178. The van der Waals surface area contributed by atoms with Crippen LogP contribution in [0.25, 0.3) is 99.5 Å². The van der Waals surface area contributed by atoms with Crippen LogP contribution in [0.1, 0.15) is 89.0 Å². The molecule has 0 radical (unpaired) electrons. The number of fused-ring (bicyclic) bond motifs is 25.